The van der Waals surface area contributed by atoms with Crippen molar-refractivity contribution >= 4 is 20.7 Å². The van der Waals surface area contributed by atoms with Gasteiger partial charge in [-0.15, -0.1) is 0 Å². The minimum absolute atomic E-state index is 0.0455. The number of sulfone groups is 1. The molecule has 1 heterocycles. The van der Waals surface area contributed by atoms with Crippen LogP contribution in [0.5, 0.6) is 0 Å². The molecule has 0 N–H and O–H groups in total. The smallest absolute Gasteiger partial charge is 0.151 e. The summed E-state index contributed by atoms with van der Waals surface area (Å²) in [5.41, 5.74) is 1.91. The van der Waals surface area contributed by atoms with E-state index in [9.17, 15) is 8.42 Å². The summed E-state index contributed by atoms with van der Waals surface area (Å²) in [6, 6.07) is 8.03. The van der Waals surface area contributed by atoms with Crippen LogP contribution in [-0.2, 0) is 16.4 Å². The molecule has 1 aliphatic rings. The van der Waals surface area contributed by atoms with Gasteiger partial charge in [-0.3, -0.25) is 4.90 Å². The minimum Gasteiger partial charge on any atom is -0.295 e. The zero-order valence-corrected chi connectivity index (χ0v) is 15.4. The maximum Gasteiger partial charge on any atom is 0.151 e. The fraction of sp³-hybridized carbons (Fsp3) is 0.556. The number of para-hydroxylation sites is 1. The molecule has 1 aliphatic carbocycles. The van der Waals surface area contributed by atoms with Crippen molar-refractivity contribution in [2.45, 2.75) is 50.4 Å². The van der Waals surface area contributed by atoms with Crippen molar-refractivity contribution in [2.24, 2.45) is 0 Å². The van der Waals surface area contributed by atoms with Gasteiger partial charge in [0.1, 0.15) is 5.82 Å². The second-order valence-electron chi connectivity index (χ2n) is 6.88. The first kappa shape index (κ1) is 17.3. The molecule has 1 saturated carbocycles. The zero-order chi connectivity index (χ0) is 17.3. The van der Waals surface area contributed by atoms with Crippen LogP contribution in [0, 0.1) is 6.92 Å². The van der Waals surface area contributed by atoms with Gasteiger partial charge in [0.05, 0.1) is 17.3 Å². The maximum absolute atomic E-state index is 12.1. The number of nitrogens with zero attached hydrogens (tertiary/aromatic N) is 3. The second-order valence-corrected chi connectivity index (χ2v) is 9.14. The van der Waals surface area contributed by atoms with E-state index in [2.05, 4.69) is 14.9 Å². The Kier molecular flexibility index (Phi) is 4.88. The summed E-state index contributed by atoms with van der Waals surface area (Å²) in [4.78, 5) is 11.4. The molecule has 1 aromatic carbocycles. The van der Waals surface area contributed by atoms with Crippen molar-refractivity contribution in [1.82, 2.24) is 14.9 Å². The predicted molar refractivity (Wildman–Crippen MR) is 96.6 cm³/mol. The average Bonchev–Trinajstić information content (AvgIpc) is 2.54. The Hall–Kier alpha value is -1.53. The van der Waals surface area contributed by atoms with E-state index in [1.54, 1.807) is 0 Å². The Morgan fingerprint density at radius 2 is 1.88 bits per heavy atom. The second kappa shape index (κ2) is 6.76. The number of aromatic nitrogens is 2. The molecule has 5 nitrogen and oxygen atoms in total. The number of hydrogen-bond acceptors (Lipinski definition) is 5. The molecule has 24 heavy (non-hydrogen) atoms. The van der Waals surface area contributed by atoms with Crippen molar-refractivity contribution in [3.8, 4) is 0 Å². The topological polar surface area (TPSA) is 63.2 Å². The standard InChI is InChI=1S/C18H25N3O2S/c1-13-14-8-4-5-9-15(14)20-18(19-13)12-21(2)16-10-6-7-11-17(16)24(3,22)23/h4-5,8-9,16-17H,6-7,10-12H2,1-3H3/t16-,17+/m0/s1. The lowest BCUT2D eigenvalue weighted by Gasteiger charge is -2.36. The van der Waals surface area contributed by atoms with Gasteiger partial charge in [0.2, 0.25) is 0 Å². The Morgan fingerprint density at radius 3 is 2.62 bits per heavy atom. The van der Waals surface area contributed by atoms with Gasteiger partial charge in [-0.1, -0.05) is 31.0 Å². The van der Waals surface area contributed by atoms with Crippen LogP contribution < -0.4 is 0 Å². The lowest BCUT2D eigenvalue weighted by molar-refractivity contribution is 0.183. The highest BCUT2D eigenvalue weighted by atomic mass is 32.2. The first-order valence-electron chi connectivity index (χ1n) is 8.47. The third kappa shape index (κ3) is 3.59. The van der Waals surface area contributed by atoms with Crippen LogP contribution >= 0.6 is 0 Å². The highest BCUT2D eigenvalue weighted by Crippen LogP contribution is 2.28. The van der Waals surface area contributed by atoms with E-state index in [4.69, 9.17) is 0 Å². The molecule has 0 radical (unpaired) electrons. The van der Waals surface area contributed by atoms with E-state index in [0.29, 0.717) is 6.54 Å². The number of fused-ring (bicyclic) bond motifs is 1. The monoisotopic (exact) mass is 347 g/mol. The molecule has 3 rings (SSSR count). The molecule has 2 atom stereocenters. The Labute approximate surface area is 144 Å². The zero-order valence-electron chi connectivity index (χ0n) is 14.6. The quantitative estimate of drug-likeness (QED) is 0.851. The van der Waals surface area contributed by atoms with Crippen LogP contribution in [0.2, 0.25) is 0 Å². The number of aryl methyl sites for hydroxylation is 1. The summed E-state index contributed by atoms with van der Waals surface area (Å²) in [6.45, 7) is 2.57. The summed E-state index contributed by atoms with van der Waals surface area (Å²) < 4.78 is 24.2. The van der Waals surface area contributed by atoms with E-state index >= 15 is 0 Å². The van der Waals surface area contributed by atoms with E-state index in [-0.39, 0.29) is 11.3 Å². The molecule has 1 fully saturated rings. The van der Waals surface area contributed by atoms with E-state index < -0.39 is 9.84 Å². The van der Waals surface area contributed by atoms with Crippen molar-refractivity contribution in [3.63, 3.8) is 0 Å². The van der Waals surface area contributed by atoms with Crippen molar-refractivity contribution < 1.29 is 8.42 Å². The number of benzene rings is 1. The van der Waals surface area contributed by atoms with Gasteiger partial charge in [-0.05, 0) is 32.9 Å². The molecule has 0 unspecified atom stereocenters. The van der Waals surface area contributed by atoms with Crippen LogP contribution in [0.1, 0.15) is 37.2 Å². The van der Waals surface area contributed by atoms with Gasteiger partial charge < -0.3 is 0 Å². The maximum atomic E-state index is 12.1. The van der Waals surface area contributed by atoms with Gasteiger partial charge in [0.15, 0.2) is 9.84 Å². The Morgan fingerprint density at radius 1 is 1.17 bits per heavy atom. The van der Waals surface area contributed by atoms with Gasteiger partial charge in [-0.25, -0.2) is 18.4 Å². The summed E-state index contributed by atoms with van der Waals surface area (Å²) in [7, 11) is -1.05. The molecule has 0 bridgehead atoms. The van der Waals surface area contributed by atoms with Crippen molar-refractivity contribution in [2.75, 3.05) is 13.3 Å². The lowest BCUT2D eigenvalue weighted by Crippen LogP contribution is -2.46. The van der Waals surface area contributed by atoms with E-state index in [1.165, 1.54) is 6.26 Å². The van der Waals surface area contributed by atoms with Crippen LogP contribution in [0.3, 0.4) is 0 Å². The molecule has 0 saturated heterocycles. The molecule has 0 spiro atoms. The fourth-order valence-electron chi connectivity index (χ4n) is 3.79. The third-order valence-electron chi connectivity index (χ3n) is 5.01. The SMILES string of the molecule is Cc1nc(CN(C)[C@H]2CCCC[C@H]2S(C)(=O)=O)nc2ccccc12. The highest BCUT2D eigenvalue weighted by Gasteiger charge is 2.35. The van der Waals surface area contributed by atoms with E-state index in [0.717, 1.165) is 48.1 Å². The van der Waals surface area contributed by atoms with Crippen LogP contribution in [0.4, 0.5) is 0 Å². The molecule has 2 aromatic rings. The average molecular weight is 347 g/mol. The van der Waals surface area contributed by atoms with Gasteiger partial charge >= 0.3 is 0 Å². The molecular weight excluding hydrogens is 322 g/mol. The minimum atomic E-state index is -3.04. The molecule has 6 heteroatoms. The first-order chi connectivity index (χ1) is 11.4. The van der Waals surface area contributed by atoms with E-state index in [1.807, 2.05) is 38.2 Å². The predicted octanol–water partition coefficient (Wildman–Crippen LogP) is 2.73. The highest BCUT2D eigenvalue weighted by molar-refractivity contribution is 7.91. The molecule has 0 amide bonds. The molecular formula is C18H25N3O2S. The van der Waals surface area contributed by atoms with Crippen LogP contribution in [-0.4, -0.2) is 47.9 Å². The summed E-state index contributed by atoms with van der Waals surface area (Å²) >= 11 is 0. The van der Waals surface area contributed by atoms with Crippen LogP contribution in [0.25, 0.3) is 10.9 Å². The normalized spacial score (nSPS) is 22.2. The first-order valence-corrected chi connectivity index (χ1v) is 10.4. The van der Waals surface area contributed by atoms with Gasteiger partial charge in [0, 0.05) is 23.4 Å². The van der Waals surface area contributed by atoms with Gasteiger partial charge in [-0.2, -0.15) is 0 Å². The summed E-state index contributed by atoms with van der Waals surface area (Å²) in [5, 5.41) is 0.786. The molecule has 0 aliphatic heterocycles. The van der Waals surface area contributed by atoms with Crippen molar-refractivity contribution in [3.05, 3.63) is 35.8 Å². The summed E-state index contributed by atoms with van der Waals surface area (Å²) in [6.07, 6.45) is 5.11. The number of hydrogen-bond donors (Lipinski definition) is 0. The molecule has 130 valence electrons. The third-order valence-corrected chi connectivity index (χ3v) is 6.66. The number of rotatable bonds is 4. The van der Waals surface area contributed by atoms with Crippen molar-refractivity contribution in [1.29, 1.82) is 0 Å². The van der Waals surface area contributed by atoms with Crippen LogP contribution in [0.15, 0.2) is 24.3 Å². The lowest BCUT2D eigenvalue weighted by atomic mass is 9.94. The largest absolute Gasteiger partial charge is 0.295 e. The van der Waals surface area contributed by atoms with Gasteiger partial charge in [0.25, 0.3) is 0 Å². The Balaban J connectivity index is 1.84. The Bertz CT molecular complexity index is 835. The summed E-state index contributed by atoms with van der Waals surface area (Å²) in [5.74, 6) is 0.756. The molecule has 1 aromatic heterocycles. The fourth-order valence-corrected chi connectivity index (χ4v) is 5.30.